The SMILES string of the molecule is Nc1nnc2cc(-c3ccc(-c4ccccc4)cc3)ccc2n1. The quantitative estimate of drug-likeness (QED) is 0.608. The molecular weight excluding hydrogens is 284 g/mol. The number of nitrogen functional groups attached to an aromatic ring is 1. The van der Waals surface area contributed by atoms with Crippen molar-refractivity contribution in [3.05, 3.63) is 72.8 Å². The molecule has 0 radical (unpaired) electrons. The summed E-state index contributed by atoms with van der Waals surface area (Å²) < 4.78 is 0. The maximum Gasteiger partial charge on any atom is 0.240 e. The summed E-state index contributed by atoms with van der Waals surface area (Å²) in [6.45, 7) is 0. The van der Waals surface area contributed by atoms with Gasteiger partial charge in [0.05, 0.1) is 5.52 Å². The Labute approximate surface area is 133 Å². The zero-order valence-electron chi connectivity index (χ0n) is 12.3. The van der Waals surface area contributed by atoms with Crippen LogP contribution in [0.3, 0.4) is 0 Å². The van der Waals surface area contributed by atoms with Gasteiger partial charge in [0.1, 0.15) is 5.52 Å². The maximum absolute atomic E-state index is 5.56. The smallest absolute Gasteiger partial charge is 0.240 e. The van der Waals surface area contributed by atoms with Crippen LogP contribution in [0.4, 0.5) is 5.95 Å². The highest BCUT2D eigenvalue weighted by Gasteiger charge is 2.04. The van der Waals surface area contributed by atoms with Gasteiger partial charge in [0.2, 0.25) is 5.95 Å². The molecule has 4 heteroatoms. The first-order valence-corrected chi connectivity index (χ1v) is 7.35. The van der Waals surface area contributed by atoms with Crippen molar-refractivity contribution in [1.29, 1.82) is 0 Å². The lowest BCUT2D eigenvalue weighted by molar-refractivity contribution is 1.04. The molecule has 2 N–H and O–H groups in total. The van der Waals surface area contributed by atoms with E-state index in [4.69, 9.17) is 5.73 Å². The molecule has 0 aliphatic heterocycles. The highest BCUT2D eigenvalue weighted by molar-refractivity contribution is 5.82. The zero-order valence-corrected chi connectivity index (χ0v) is 12.3. The molecule has 0 fully saturated rings. The van der Waals surface area contributed by atoms with Gasteiger partial charge in [-0.05, 0) is 34.4 Å². The van der Waals surface area contributed by atoms with Crippen LogP contribution >= 0.6 is 0 Å². The van der Waals surface area contributed by atoms with E-state index in [0.717, 1.165) is 22.2 Å². The minimum absolute atomic E-state index is 0.192. The fourth-order valence-corrected chi connectivity index (χ4v) is 2.61. The van der Waals surface area contributed by atoms with Gasteiger partial charge in [0.25, 0.3) is 0 Å². The number of anilines is 1. The topological polar surface area (TPSA) is 64.7 Å². The Balaban J connectivity index is 1.72. The second-order valence-corrected chi connectivity index (χ2v) is 5.32. The third-order valence-corrected chi connectivity index (χ3v) is 3.80. The van der Waals surface area contributed by atoms with Crippen LogP contribution in [-0.4, -0.2) is 15.2 Å². The molecule has 4 nitrogen and oxygen atoms in total. The molecule has 0 unspecified atom stereocenters. The molecule has 3 aromatic carbocycles. The number of nitrogens with zero attached hydrogens (tertiary/aromatic N) is 3. The number of aromatic nitrogens is 3. The Bertz CT molecular complexity index is 963. The first-order valence-electron chi connectivity index (χ1n) is 7.35. The van der Waals surface area contributed by atoms with Crippen LogP contribution in [-0.2, 0) is 0 Å². The molecule has 1 heterocycles. The summed E-state index contributed by atoms with van der Waals surface area (Å²) in [5.41, 5.74) is 11.7. The number of fused-ring (bicyclic) bond motifs is 1. The Morgan fingerprint density at radius 2 is 1.17 bits per heavy atom. The molecular formula is C19H14N4. The van der Waals surface area contributed by atoms with Gasteiger partial charge in [-0.2, -0.15) is 0 Å². The maximum atomic E-state index is 5.56. The summed E-state index contributed by atoms with van der Waals surface area (Å²) in [5, 5.41) is 7.91. The predicted octanol–water partition coefficient (Wildman–Crippen LogP) is 3.94. The van der Waals surface area contributed by atoms with Crippen molar-refractivity contribution in [2.75, 3.05) is 5.73 Å². The van der Waals surface area contributed by atoms with Crippen molar-refractivity contribution in [2.45, 2.75) is 0 Å². The molecule has 0 aliphatic rings. The van der Waals surface area contributed by atoms with Crippen molar-refractivity contribution in [1.82, 2.24) is 15.2 Å². The van der Waals surface area contributed by atoms with E-state index in [1.54, 1.807) is 0 Å². The Hall–Kier alpha value is -3.27. The predicted molar refractivity (Wildman–Crippen MR) is 92.6 cm³/mol. The van der Waals surface area contributed by atoms with E-state index in [2.05, 4.69) is 51.6 Å². The summed E-state index contributed by atoms with van der Waals surface area (Å²) in [6, 6.07) is 24.7. The molecule has 0 bridgehead atoms. The van der Waals surface area contributed by atoms with Gasteiger partial charge in [0, 0.05) is 0 Å². The van der Waals surface area contributed by atoms with Crippen molar-refractivity contribution in [3.63, 3.8) is 0 Å². The van der Waals surface area contributed by atoms with E-state index in [-0.39, 0.29) is 5.95 Å². The Morgan fingerprint density at radius 1 is 0.565 bits per heavy atom. The summed E-state index contributed by atoms with van der Waals surface area (Å²) in [6.07, 6.45) is 0. The van der Waals surface area contributed by atoms with Gasteiger partial charge in [-0.25, -0.2) is 4.98 Å². The van der Waals surface area contributed by atoms with Crippen molar-refractivity contribution in [2.24, 2.45) is 0 Å². The van der Waals surface area contributed by atoms with E-state index in [0.29, 0.717) is 0 Å². The van der Waals surface area contributed by atoms with Crippen LogP contribution in [0.2, 0.25) is 0 Å². The van der Waals surface area contributed by atoms with E-state index in [9.17, 15) is 0 Å². The van der Waals surface area contributed by atoms with Gasteiger partial charge in [-0.3, -0.25) is 0 Å². The molecule has 0 spiro atoms. The highest BCUT2D eigenvalue weighted by atomic mass is 15.2. The molecule has 23 heavy (non-hydrogen) atoms. The van der Waals surface area contributed by atoms with Crippen LogP contribution in [0.25, 0.3) is 33.3 Å². The lowest BCUT2D eigenvalue weighted by Gasteiger charge is -2.06. The Kier molecular flexibility index (Phi) is 3.20. The number of hydrogen-bond donors (Lipinski definition) is 1. The molecule has 0 saturated carbocycles. The van der Waals surface area contributed by atoms with Gasteiger partial charge >= 0.3 is 0 Å². The third kappa shape index (κ3) is 2.62. The molecule has 110 valence electrons. The molecule has 0 amide bonds. The van der Waals surface area contributed by atoms with Gasteiger partial charge < -0.3 is 5.73 Å². The van der Waals surface area contributed by atoms with Crippen LogP contribution in [0.5, 0.6) is 0 Å². The van der Waals surface area contributed by atoms with Crippen LogP contribution < -0.4 is 5.73 Å². The average molecular weight is 298 g/mol. The number of benzene rings is 3. The number of nitrogens with two attached hydrogens (primary N) is 1. The molecule has 4 rings (SSSR count). The van der Waals surface area contributed by atoms with Crippen LogP contribution in [0.1, 0.15) is 0 Å². The average Bonchev–Trinajstić information content (AvgIpc) is 2.62. The molecule has 0 saturated heterocycles. The van der Waals surface area contributed by atoms with Gasteiger partial charge in [-0.1, -0.05) is 60.7 Å². The highest BCUT2D eigenvalue weighted by Crippen LogP contribution is 2.26. The fraction of sp³-hybridized carbons (Fsp3) is 0. The number of rotatable bonds is 2. The van der Waals surface area contributed by atoms with Gasteiger partial charge in [0.15, 0.2) is 0 Å². The zero-order chi connectivity index (χ0) is 15.6. The van der Waals surface area contributed by atoms with Crippen LogP contribution in [0.15, 0.2) is 72.8 Å². The third-order valence-electron chi connectivity index (χ3n) is 3.80. The van der Waals surface area contributed by atoms with Crippen molar-refractivity contribution < 1.29 is 0 Å². The summed E-state index contributed by atoms with van der Waals surface area (Å²) in [7, 11) is 0. The van der Waals surface area contributed by atoms with Crippen LogP contribution in [0, 0.1) is 0 Å². The second kappa shape index (κ2) is 5.50. The van der Waals surface area contributed by atoms with E-state index >= 15 is 0 Å². The number of hydrogen-bond acceptors (Lipinski definition) is 4. The van der Waals surface area contributed by atoms with E-state index < -0.39 is 0 Å². The Morgan fingerprint density at radius 3 is 1.91 bits per heavy atom. The van der Waals surface area contributed by atoms with Crippen molar-refractivity contribution >= 4 is 17.0 Å². The van der Waals surface area contributed by atoms with Gasteiger partial charge in [-0.15, -0.1) is 10.2 Å². The largest absolute Gasteiger partial charge is 0.366 e. The lowest BCUT2D eigenvalue weighted by atomic mass is 10.00. The molecule has 1 aromatic heterocycles. The summed E-state index contributed by atoms with van der Waals surface area (Å²) >= 11 is 0. The summed E-state index contributed by atoms with van der Waals surface area (Å²) in [5.74, 6) is 0.192. The van der Waals surface area contributed by atoms with Crippen molar-refractivity contribution in [3.8, 4) is 22.3 Å². The van der Waals surface area contributed by atoms with E-state index in [1.807, 2.05) is 36.4 Å². The lowest BCUT2D eigenvalue weighted by Crippen LogP contribution is -1.97. The normalized spacial score (nSPS) is 10.8. The second-order valence-electron chi connectivity index (χ2n) is 5.32. The minimum Gasteiger partial charge on any atom is -0.366 e. The van der Waals surface area contributed by atoms with E-state index in [1.165, 1.54) is 11.1 Å². The first kappa shape index (κ1) is 13.4. The molecule has 0 atom stereocenters. The summed E-state index contributed by atoms with van der Waals surface area (Å²) in [4.78, 5) is 4.17. The minimum atomic E-state index is 0.192. The standard InChI is InChI=1S/C19H14N4/c20-19-21-17-11-10-16(12-18(17)22-23-19)15-8-6-14(7-9-15)13-4-2-1-3-5-13/h1-12H,(H2,20,21,23). The molecule has 4 aromatic rings. The first-order chi connectivity index (χ1) is 11.3. The fourth-order valence-electron chi connectivity index (χ4n) is 2.61. The monoisotopic (exact) mass is 298 g/mol. The molecule has 0 aliphatic carbocycles.